The Morgan fingerprint density at radius 3 is 2.15 bits per heavy atom. The predicted molar refractivity (Wildman–Crippen MR) is 124 cm³/mol. The van der Waals surface area contributed by atoms with E-state index in [0.717, 1.165) is 22.3 Å². The van der Waals surface area contributed by atoms with Crippen molar-refractivity contribution in [2.24, 2.45) is 0 Å². The van der Waals surface area contributed by atoms with Gasteiger partial charge in [0.15, 0.2) is 0 Å². The Kier molecular flexibility index (Phi) is 6.13. The topological polar surface area (TPSA) is 105 Å². The minimum atomic E-state index is -1.12. The number of hydrogen-bond acceptors (Lipinski definition) is 4. The molecule has 3 aromatic carbocycles. The van der Waals surface area contributed by atoms with E-state index in [0.29, 0.717) is 16.8 Å². The first-order valence-electron chi connectivity index (χ1n) is 10.6. The number of hydrogen-bond donors (Lipinski definition) is 3. The zero-order valence-electron chi connectivity index (χ0n) is 18.3. The van der Waals surface area contributed by atoms with Crippen LogP contribution in [-0.2, 0) is 9.53 Å². The molecular weight excluding hydrogens is 420 g/mol. The molecule has 7 nitrogen and oxygen atoms in total. The van der Waals surface area contributed by atoms with E-state index in [1.807, 2.05) is 24.3 Å². The standard InChI is InChI=1S/C26H24N2O5/c1-15-13-17(24(29)27-16(2)25(30)31)11-12-23(15)28-26(32)33-14-22-20-9-5-3-7-18(20)19-8-4-6-10-21(19)22/h3-13,16,22H,14H2,1-2H3,(H,27,29)(H,28,32)(H,30,31). The van der Waals surface area contributed by atoms with Gasteiger partial charge in [-0.25, -0.2) is 4.79 Å². The molecule has 0 spiro atoms. The molecule has 2 amide bonds. The lowest BCUT2D eigenvalue weighted by Gasteiger charge is -2.15. The number of anilines is 1. The Morgan fingerprint density at radius 2 is 1.58 bits per heavy atom. The normalized spacial score (nSPS) is 12.9. The quantitative estimate of drug-likeness (QED) is 0.517. The molecule has 0 heterocycles. The molecule has 0 aliphatic heterocycles. The Balaban J connectivity index is 1.41. The van der Waals surface area contributed by atoms with Crippen molar-refractivity contribution in [2.45, 2.75) is 25.8 Å². The maximum absolute atomic E-state index is 12.5. The summed E-state index contributed by atoms with van der Waals surface area (Å²) in [7, 11) is 0. The van der Waals surface area contributed by atoms with Gasteiger partial charge in [-0.3, -0.25) is 14.9 Å². The van der Waals surface area contributed by atoms with Crippen LogP contribution in [0, 0.1) is 6.92 Å². The lowest BCUT2D eigenvalue weighted by Crippen LogP contribution is -2.38. The lowest BCUT2D eigenvalue weighted by atomic mass is 9.98. The maximum atomic E-state index is 12.5. The summed E-state index contributed by atoms with van der Waals surface area (Å²) in [5.74, 6) is -1.65. The van der Waals surface area contributed by atoms with E-state index < -0.39 is 24.0 Å². The van der Waals surface area contributed by atoms with Gasteiger partial charge in [0.25, 0.3) is 5.91 Å². The number of carbonyl (C=O) groups excluding carboxylic acids is 2. The van der Waals surface area contributed by atoms with Crippen LogP contribution in [0.3, 0.4) is 0 Å². The second-order valence-electron chi connectivity index (χ2n) is 8.01. The summed E-state index contributed by atoms with van der Waals surface area (Å²) in [5, 5.41) is 14.1. The van der Waals surface area contributed by atoms with E-state index in [2.05, 4.69) is 34.9 Å². The molecule has 1 unspecified atom stereocenters. The number of ether oxygens (including phenoxy) is 1. The average molecular weight is 444 g/mol. The van der Waals surface area contributed by atoms with Crippen molar-refractivity contribution < 1.29 is 24.2 Å². The molecule has 1 aliphatic rings. The highest BCUT2D eigenvalue weighted by Crippen LogP contribution is 2.44. The Hall–Kier alpha value is -4.13. The highest BCUT2D eigenvalue weighted by atomic mass is 16.5. The second kappa shape index (κ2) is 9.16. The zero-order chi connectivity index (χ0) is 23.5. The monoisotopic (exact) mass is 444 g/mol. The fourth-order valence-electron chi connectivity index (χ4n) is 4.03. The predicted octanol–water partition coefficient (Wildman–Crippen LogP) is 4.56. The van der Waals surface area contributed by atoms with Gasteiger partial charge in [0.05, 0.1) is 0 Å². The number of carboxylic acid groups (broad SMARTS) is 1. The van der Waals surface area contributed by atoms with E-state index >= 15 is 0 Å². The van der Waals surface area contributed by atoms with Crippen molar-refractivity contribution in [1.29, 1.82) is 0 Å². The molecule has 7 heteroatoms. The van der Waals surface area contributed by atoms with Crippen molar-refractivity contribution in [3.63, 3.8) is 0 Å². The summed E-state index contributed by atoms with van der Waals surface area (Å²) in [4.78, 5) is 35.6. The summed E-state index contributed by atoms with van der Waals surface area (Å²) in [6.45, 7) is 3.34. The van der Waals surface area contributed by atoms with Crippen LogP contribution in [-0.4, -0.2) is 35.7 Å². The molecular formula is C26H24N2O5. The third-order valence-electron chi connectivity index (χ3n) is 5.79. The molecule has 0 radical (unpaired) electrons. The van der Waals surface area contributed by atoms with Gasteiger partial charge in [0.2, 0.25) is 0 Å². The first-order chi connectivity index (χ1) is 15.8. The largest absolute Gasteiger partial charge is 0.480 e. The number of nitrogens with one attached hydrogen (secondary N) is 2. The van der Waals surface area contributed by atoms with Crippen LogP contribution in [0.25, 0.3) is 11.1 Å². The van der Waals surface area contributed by atoms with Crippen LogP contribution < -0.4 is 10.6 Å². The highest BCUT2D eigenvalue weighted by Gasteiger charge is 2.29. The number of carboxylic acids is 1. The first-order valence-corrected chi connectivity index (χ1v) is 10.6. The Bertz CT molecular complexity index is 1190. The molecule has 168 valence electrons. The number of amides is 2. The van der Waals surface area contributed by atoms with Crippen LogP contribution in [0.1, 0.15) is 39.9 Å². The number of benzene rings is 3. The van der Waals surface area contributed by atoms with Gasteiger partial charge in [0, 0.05) is 17.2 Å². The van der Waals surface area contributed by atoms with E-state index in [1.54, 1.807) is 19.1 Å². The van der Waals surface area contributed by atoms with Crippen LogP contribution in [0.2, 0.25) is 0 Å². The SMILES string of the molecule is Cc1cc(C(=O)NC(C)C(=O)O)ccc1NC(=O)OCC1c2ccccc2-c2ccccc21. The number of carbonyl (C=O) groups is 3. The summed E-state index contributed by atoms with van der Waals surface area (Å²) in [5.41, 5.74) is 6.04. The summed E-state index contributed by atoms with van der Waals surface area (Å²) < 4.78 is 5.56. The molecule has 33 heavy (non-hydrogen) atoms. The van der Waals surface area contributed by atoms with Gasteiger partial charge < -0.3 is 15.2 Å². The van der Waals surface area contributed by atoms with Crippen LogP contribution in [0.4, 0.5) is 10.5 Å². The van der Waals surface area contributed by atoms with E-state index in [-0.39, 0.29) is 12.5 Å². The third kappa shape index (κ3) is 4.57. The molecule has 0 fully saturated rings. The fourth-order valence-corrected chi connectivity index (χ4v) is 4.03. The summed E-state index contributed by atoms with van der Waals surface area (Å²) in [6, 6.07) is 19.9. The number of aliphatic carboxylic acids is 1. The molecule has 0 saturated heterocycles. The minimum absolute atomic E-state index is 0.0356. The molecule has 1 atom stereocenters. The van der Waals surface area contributed by atoms with Gasteiger partial charge >= 0.3 is 12.1 Å². The number of aryl methyl sites for hydroxylation is 1. The van der Waals surface area contributed by atoms with Crippen molar-refractivity contribution in [3.05, 3.63) is 89.0 Å². The molecule has 0 aromatic heterocycles. The van der Waals surface area contributed by atoms with Crippen molar-refractivity contribution in [1.82, 2.24) is 5.32 Å². The van der Waals surface area contributed by atoms with Crippen LogP contribution in [0.5, 0.6) is 0 Å². The smallest absolute Gasteiger partial charge is 0.411 e. The third-order valence-corrected chi connectivity index (χ3v) is 5.79. The zero-order valence-corrected chi connectivity index (χ0v) is 18.3. The average Bonchev–Trinajstić information content (AvgIpc) is 3.12. The molecule has 3 N–H and O–H groups in total. The molecule has 0 saturated carbocycles. The second-order valence-corrected chi connectivity index (χ2v) is 8.01. The first kappa shape index (κ1) is 22.1. The Labute approximate surface area is 191 Å². The van der Waals surface area contributed by atoms with Crippen LogP contribution >= 0.6 is 0 Å². The van der Waals surface area contributed by atoms with E-state index in [1.165, 1.54) is 13.0 Å². The Morgan fingerprint density at radius 1 is 0.970 bits per heavy atom. The molecule has 0 bridgehead atoms. The summed E-state index contributed by atoms with van der Waals surface area (Å²) in [6.07, 6.45) is -0.586. The van der Waals surface area contributed by atoms with Crippen LogP contribution in [0.15, 0.2) is 66.7 Å². The minimum Gasteiger partial charge on any atom is -0.480 e. The van der Waals surface area contributed by atoms with Crippen molar-refractivity contribution in [2.75, 3.05) is 11.9 Å². The van der Waals surface area contributed by atoms with Gasteiger partial charge in [-0.15, -0.1) is 0 Å². The summed E-state index contributed by atoms with van der Waals surface area (Å²) >= 11 is 0. The number of fused-ring (bicyclic) bond motifs is 3. The van der Waals surface area contributed by atoms with E-state index in [4.69, 9.17) is 9.84 Å². The van der Waals surface area contributed by atoms with Crippen molar-refractivity contribution >= 4 is 23.7 Å². The number of rotatable bonds is 6. The van der Waals surface area contributed by atoms with Gasteiger partial charge in [-0.2, -0.15) is 0 Å². The van der Waals surface area contributed by atoms with Crippen molar-refractivity contribution in [3.8, 4) is 11.1 Å². The van der Waals surface area contributed by atoms with Gasteiger partial charge in [-0.05, 0) is 59.9 Å². The highest BCUT2D eigenvalue weighted by molar-refractivity contribution is 5.97. The van der Waals surface area contributed by atoms with Gasteiger partial charge in [-0.1, -0.05) is 48.5 Å². The molecule has 1 aliphatic carbocycles. The molecule has 4 rings (SSSR count). The molecule has 3 aromatic rings. The fraction of sp³-hybridized carbons (Fsp3) is 0.192. The van der Waals surface area contributed by atoms with Gasteiger partial charge in [0.1, 0.15) is 12.6 Å². The lowest BCUT2D eigenvalue weighted by molar-refractivity contribution is -0.138. The maximum Gasteiger partial charge on any atom is 0.411 e. The van der Waals surface area contributed by atoms with E-state index in [9.17, 15) is 14.4 Å².